The van der Waals surface area contributed by atoms with Gasteiger partial charge in [0.25, 0.3) is 0 Å². The van der Waals surface area contributed by atoms with Crippen molar-refractivity contribution in [2.24, 2.45) is 0 Å². The van der Waals surface area contributed by atoms with Gasteiger partial charge in [0.1, 0.15) is 16.9 Å². The minimum Gasteiger partial charge on any atom is -0.444 e. The molecular formula is C26H26ClN5O2. The van der Waals surface area contributed by atoms with E-state index in [0.717, 1.165) is 41.9 Å². The molecule has 5 rings (SSSR count). The second-order valence-corrected chi connectivity index (χ2v) is 9.93. The van der Waals surface area contributed by atoms with Gasteiger partial charge in [-0.05, 0) is 69.3 Å². The molecule has 0 radical (unpaired) electrons. The second kappa shape index (κ2) is 8.40. The number of fused-ring (bicyclic) bond motifs is 1. The van der Waals surface area contributed by atoms with Gasteiger partial charge in [0.05, 0.1) is 11.7 Å². The molecule has 8 heteroatoms. The van der Waals surface area contributed by atoms with Crippen molar-refractivity contribution >= 4 is 28.9 Å². The summed E-state index contributed by atoms with van der Waals surface area (Å²) in [6, 6.07) is 18.1. The Morgan fingerprint density at radius 1 is 1.06 bits per heavy atom. The molecule has 1 aliphatic carbocycles. The summed E-state index contributed by atoms with van der Waals surface area (Å²) < 4.78 is 7.49. The number of benzene rings is 2. The number of amides is 1. The molecule has 2 aromatic carbocycles. The van der Waals surface area contributed by atoms with Crippen LogP contribution >= 0.6 is 11.6 Å². The van der Waals surface area contributed by atoms with Crippen LogP contribution in [0.2, 0.25) is 5.28 Å². The molecule has 0 spiro atoms. The first-order chi connectivity index (χ1) is 16.2. The minimum atomic E-state index is -0.543. The third-order valence-corrected chi connectivity index (χ3v) is 6.21. The van der Waals surface area contributed by atoms with Crippen LogP contribution in [0.1, 0.15) is 45.6 Å². The predicted molar refractivity (Wildman–Crippen MR) is 132 cm³/mol. The largest absolute Gasteiger partial charge is 0.444 e. The molecule has 1 fully saturated rings. The van der Waals surface area contributed by atoms with Crippen molar-refractivity contribution in [3.8, 4) is 17.1 Å². The van der Waals surface area contributed by atoms with Crippen LogP contribution in [0.3, 0.4) is 0 Å². The monoisotopic (exact) mass is 475 g/mol. The van der Waals surface area contributed by atoms with Crippen molar-refractivity contribution < 1.29 is 9.53 Å². The molecule has 0 unspecified atom stereocenters. The number of hydrogen-bond acceptors (Lipinski definition) is 5. The van der Waals surface area contributed by atoms with E-state index in [1.54, 1.807) is 6.20 Å². The van der Waals surface area contributed by atoms with Gasteiger partial charge in [-0.25, -0.2) is 14.8 Å². The lowest BCUT2D eigenvalue weighted by atomic mass is 9.72. The number of nitrogens with zero attached hydrogens (tertiary/aromatic N) is 4. The Kier molecular flexibility index (Phi) is 5.52. The molecule has 0 atom stereocenters. The molecule has 174 valence electrons. The Morgan fingerprint density at radius 2 is 1.76 bits per heavy atom. The fourth-order valence-corrected chi connectivity index (χ4v) is 4.45. The van der Waals surface area contributed by atoms with Crippen LogP contribution in [0.15, 0.2) is 60.8 Å². The molecular weight excluding hydrogens is 450 g/mol. The fraction of sp³-hybridized carbons (Fsp3) is 0.308. The average Bonchev–Trinajstić information content (AvgIpc) is 3.14. The average molecular weight is 476 g/mol. The molecule has 34 heavy (non-hydrogen) atoms. The van der Waals surface area contributed by atoms with Gasteiger partial charge in [0, 0.05) is 11.3 Å². The van der Waals surface area contributed by atoms with Gasteiger partial charge in [0.15, 0.2) is 5.65 Å². The summed E-state index contributed by atoms with van der Waals surface area (Å²) in [5.74, 6) is 0.755. The predicted octanol–water partition coefficient (Wildman–Crippen LogP) is 6.04. The van der Waals surface area contributed by atoms with Gasteiger partial charge in [-0.15, -0.1) is 0 Å². The van der Waals surface area contributed by atoms with Crippen molar-refractivity contribution in [2.45, 2.75) is 51.2 Å². The normalized spacial score (nSPS) is 15.1. The molecule has 0 bridgehead atoms. The van der Waals surface area contributed by atoms with E-state index in [0.29, 0.717) is 11.2 Å². The maximum Gasteiger partial charge on any atom is 0.408 e. The van der Waals surface area contributed by atoms with Crippen molar-refractivity contribution in [2.75, 3.05) is 0 Å². The van der Waals surface area contributed by atoms with Crippen molar-refractivity contribution in [1.29, 1.82) is 0 Å². The smallest absolute Gasteiger partial charge is 0.408 e. The van der Waals surface area contributed by atoms with E-state index in [4.69, 9.17) is 21.3 Å². The summed E-state index contributed by atoms with van der Waals surface area (Å²) in [4.78, 5) is 25.8. The Morgan fingerprint density at radius 3 is 2.38 bits per heavy atom. The van der Waals surface area contributed by atoms with Crippen LogP contribution in [0.4, 0.5) is 4.79 Å². The summed E-state index contributed by atoms with van der Waals surface area (Å²) in [5.41, 5.74) is 3.25. The lowest BCUT2D eigenvalue weighted by Crippen LogP contribution is -2.52. The molecule has 2 heterocycles. The first kappa shape index (κ1) is 22.3. The van der Waals surface area contributed by atoms with Crippen LogP contribution in [0.5, 0.6) is 0 Å². The van der Waals surface area contributed by atoms with Gasteiger partial charge < -0.3 is 10.1 Å². The van der Waals surface area contributed by atoms with Crippen LogP contribution in [-0.2, 0) is 10.3 Å². The highest BCUT2D eigenvalue weighted by molar-refractivity contribution is 6.28. The number of ether oxygens (including phenoxy) is 1. The zero-order valence-corrected chi connectivity index (χ0v) is 20.1. The van der Waals surface area contributed by atoms with Gasteiger partial charge in [-0.2, -0.15) is 4.98 Å². The molecule has 0 aliphatic heterocycles. The topological polar surface area (TPSA) is 81.9 Å². The highest BCUT2D eigenvalue weighted by Gasteiger charge is 2.41. The number of alkyl carbamates (subject to hydrolysis) is 1. The van der Waals surface area contributed by atoms with Crippen LogP contribution in [-0.4, -0.2) is 31.2 Å². The summed E-state index contributed by atoms with van der Waals surface area (Å²) in [5, 5.41) is 3.28. The van der Waals surface area contributed by atoms with Crippen molar-refractivity contribution in [1.82, 2.24) is 24.8 Å². The Bertz CT molecular complexity index is 1340. The Balaban J connectivity index is 1.53. The van der Waals surface area contributed by atoms with E-state index < -0.39 is 17.2 Å². The van der Waals surface area contributed by atoms with Crippen LogP contribution in [0, 0.1) is 0 Å². The van der Waals surface area contributed by atoms with Crippen LogP contribution < -0.4 is 5.32 Å². The van der Waals surface area contributed by atoms with E-state index in [1.165, 1.54) is 0 Å². The van der Waals surface area contributed by atoms with E-state index in [1.807, 2.05) is 67.8 Å². The maximum absolute atomic E-state index is 12.5. The van der Waals surface area contributed by atoms with Gasteiger partial charge in [-0.1, -0.05) is 42.5 Å². The van der Waals surface area contributed by atoms with Crippen molar-refractivity contribution in [3.63, 3.8) is 0 Å². The summed E-state index contributed by atoms with van der Waals surface area (Å²) >= 11 is 6.12. The zero-order valence-electron chi connectivity index (χ0n) is 19.4. The Hall–Kier alpha value is -3.45. The molecule has 1 saturated carbocycles. The molecule has 1 amide bonds. The summed E-state index contributed by atoms with van der Waals surface area (Å²) in [6.45, 7) is 5.60. The standard InChI is InChI=1S/C26H26ClN5O2/c1-25(2,3)34-24(33)31-26(14-7-15-26)18-10-12-19(13-11-18)32-21(17-8-5-4-6-9-17)29-20-16-28-23(27)30-22(20)32/h4-6,8-13,16H,7,14-15H2,1-3H3,(H,31,33). The number of imidazole rings is 1. The highest BCUT2D eigenvalue weighted by Crippen LogP contribution is 2.42. The highest BCUT2D eigenvalue weighted by atomic mass is 35.5. The lowest BCUT2D eigenvalue weighted by Gasteiger charge is -2.43. The second-order valence-electron chi connectivity index (χ2n) is 9.59. The number of carbonyl (C=O) groups is 1. The van der Waals surface area contributed by atoms with Crippen molar-refractivity contribution in [3.05, 3.63) is 71.6 Å². The number of carbonyl (C=O) groups excluding carboxylic acids is 1. The zero-order chi connectivity index (χ0) is 23.9. The summed E-state index contributed by atoms with van der Waals surface area (Å²) in [6.07, 6.45) is 4.04. The molecule has 1 aliphatic rings. The van der Waals surface area contributed by atoms with Gasteiger partial charge >= 0.3 is 6.09 Å². The quantitative estimate of drug-likeness (QED) is 0.364. The SMILES string of the molecule is CC(C)(C)OC(=O)NC1(c2ccc(-n3c(-c4ccccc4)nc4cnc(Cl)nc43)cc2)CCC1. The fourth-order valence-electron chi connectivity index (χ4n) is 4.32. The number of rotatable bonds is 4. The number of halogens is 1. The van der Waals surface area contributed by atoms with E-state index >= 15 is 0 Å². The van der Waals surface area contributed by atoms with E-state index in [9.17, 15) is 4.79 Å². The first-order valence-electron chi connectivity index (χ1n) is 11.3. The molecule has 0 saturated heterocycles. The van der Waals surface area contributed by atoms with Crippen LogP contribution in [0.25, 0.3) is 28.2 Å². The molecule has 4 aromatic rings. The van der Waals surface area contributed by atoms with Gasteiger partial charge in [0.2, 0.25) is 5.28 Å². The van der Waals surface area contributed by atoms with Gasteiger partial charge in [-0.3, -0.25) is 4.57 Å². The van der Waals surface area contributed by atoms with E-state index in [2.05, 4.69) is 27.4 Å². The molecule has 2 aromatic heterocycles. The summed E-state index contributed by atoms with van der Waals surface area (Å²) in [7, 11) is 0. The number of hydrogen-bond donors (Lipinski definition) is 1. The number of nitrogens with one attached hydrogen (secondary N) is 1. The first-order valence-corrected chi connectivity index (χ1v) is 11.7. The minimum absolute atomic E-state index is 0.167. The number of aromatic nitrogens is 4. The molecule has 1 N–H and O–H groups in total. The maximum atomic E-state index is 12.5. The third kappa shape index (κ3) is 4.23. The Labute approximate surface area is 203 Å². The molecule has 7 nitrogen and oxygen atoms in total. The third-order valence-electron chi connectivity index (χ3n) is 6.03. The van der Waals surface area contributed by atoms with E-state index in [-0.39, 0.29) is 5.28 Å². The lowest BCUT2D eigenvalue weighted by molar-refractivity contribution is 0.0377.